The molecule has 0 saturated carbocycles. The summed E-state index contributed by atoms with van der Waals surface area (Å²) >= 11 is 0. The van der Waals surface area contributed by atoms with Crippen LogP contribution in [-0.4, -0.2) is 42.3 Å². The van der Waals surface area contributed by atoms with Crippen LogP contribution in [0.3, 0.4) is 0 Å². The Balaban J connectivity index is 2.39. The monoisotopic (exact) mass is 172 g/mol. The Hall–Kier alpha value is -0.120. The Labute approximate surface area is 74.5 Å². The minimum absolute atomic E-state index is 0.255. The zero-order valence-corrected chi connectivity index (χ0v) is 7.87. The Morgan fingerprint density at radius 3 is 2.92 bits per heavy atom. The third-order valence-electron chi connectivity index (χ3n) is 2.76. The third kappa shape index (κ3) is 2.44. The quantitative estimate of drug-likeness (QED) is 0.632. The van der Waals surface area contributed by atoms with Gasteiger partial charge in [0.1, 0.15) is 0 Å². The highest BCUT2D eigenvalue weighted by atomic mass is 16.3. The second-order valence-corrected chi connectivity index (χ2v) is 3.78. The highest BCUT2D eigenvalue weighted by molar-refractivity contribution is 4.80. The molecule has 3 N–H and O–H groups in total. The molecule has 0 bridgehead atoms. The number of β-amino-alcohol motifs (C(OH)–C–C–N with tert-alkyl or cyclic N) is 1. The van der Waals surface area contributed by atoms with E-state index in [2.05, 4.69) is 11.8 Å². The smallest absolute Gasteiger partial charge is 0.0558 e. The van der Waals surface area contributed by atoms with Crippen LogP contribution in [0, 0.1) is 5.92 Å². The Bertz CT molecular complexity index is 130. The molecule has 0 aliphatic carbocycles. The SMILES string of the molecule is CC1CCN(CCO)C(CN)C1. The number of nitrogens with two attached hydrogens (primary N) is 1. The van der Waals surface area contributed by atoms with Gasteiger partial charge in [0.25, 0.3) is 0 Å². The summed E-state index contributed by atoms with van der Waals surface area (Å²) in [6, 6.07) is 0.501. The van der Waals surface area contributed by atoms with Gasteiger partial charge in [-0.3, -0.25) is 4.90 Å². The normalized spacial score (nSPS) is 32.2. The first-order valence-electron chi connectivity index (χ1n) is 4.83. The summed E-state index contributed by atoms with van der Waals surface area (Å²) < 4.78 is 0. The first-order chi connectivity index (χ1) is 5.77. The molecule has 0 amide bonds. The number of piperidine rings is 1. The van der Waals surface area contributed by atoms with Gasteiger partial charge in [-0.25, -0.2) is 0 Å². The van der Waals surface area contributed by atoms with Gasteiger partial charge in [-0.05, 0) is 25.3 Å². The van der Waals surface area contributed by atoms with Gasteiger partial charge in [0, 0.05) is 19.1 Å². The molecule has 0 aromatic rings. The van der Waals surface area contributed by atoms with Crippen molar-refractivity contribution in [3.8, 4) is 0 Å². The average molecular weight is 172 g/mol. The predicted molar refractivity (Wildman–Crippen MR) is 49.9 cm³/mol. The largest absolute Gasteiger partial charge is 0.395 e. The molecule has 1 rings (SSSR count). The Morgan fingerprint density at radius 2 is 2.33 bits per heavy atom. The number of aliphatic hydroxyl groups is 1. The van der Waals surface area contributed by atoms with E-state index in [4.69, 9.17) is 10.8 Å². The Morgan fingerprint density at radius 1 is 1.58 bits per heavy atom. The number of hydrogen-bond donors (Lipinski definition) is 2. The van der Waals surface area contributed by atoms with Gasteiger partial charge in [0.2, 0.25) is 0 Å². The number of likely N-dealkylation sites (tertiary alicyclic amines) is 1. The molecule has 2 unspecified atom stereocenters. The second-order valence-electron chi connectivity index (χ2n) is 3.78. The van der Waals surface area contributed by atoms with Crippen molar-refractivity contribution in [2.75, 3.05) is 26.2 Å². The lowest BCUT2D eigenvalue weighted by molar-refractivity contribution is 0.0983. The molecule has 3 nitrogen and oxygen atoms in total. The molecule has 0 radical (unpaired) electrons. The lowest BCUT2D eigenvalue weighted by atomic mass is 9.92. The molecule has 72 valence electrons. The Kier molecular flexibility index (Phi) is 3.98. The van der Waals surface area contributed by atoms with E-state index in [0.29, 0.717) is 6.04 Å². The number of rotatable bonds is 3. The maximum absolute atomic E-state index is 8.82. The highest BCUT2D eigenvalue weighted by Gasteiger charge is 2.24. The number of hydrogen-bond acceptors (Lipinski definition) is 3. The van der Waals surface area contributed by atoms with Crippen LogP contribution in [0.5, 0.6) is 0 Å². The second kappa shape index (κ2) is 4.80. The topological polar surface area (TPSA) is 49.5 Å². The molecule has 1 heterocycles. The van der Waals surface area contributed by atoms with E-state index in [0.717, 1.165) is 25.6 Å². The van der Waals surface area contributed by atoms with E-state index in [1.807, 2.05) is 0 Å². The van der Waals surface area contributed by atoms with Crippen LogP contribution in [0.25, 0.3) is 0 Å². The fraction of sp³-hybridized carbons (Fsp3) is 1.00. The lowest BCUT2D eigenvalue weighted by Crippen LogP contribution is -2.47. The summed E-state index contributed by atoms with van der Waals surface area (Å²) in [6.45, 7) is 5.15. The van der Waals surface area contributed by atoms with Gasteiger partial charge in [0.05, 0.1) is 6.61 Å². The van der Waals surface area contributed by atoms with Crippen LogP contribution in [0.4, 0.5) is 0 Å². The molecule has 0 spiro atoms. The van der Waals surface area contributed by atoms with Crippen LogP contribution in [0.2, 0.25) is 0 Å². The van der Waals surface area contributed by atoms with Crippen LogP contribution < -0.4 is 5.73 Å². The van der Waals surface area contributed by atoms with Crippen LogP contribution in [0.15, 0.2) is 0 Å². The molecule has 2 atom stereocenters. The van der Waals surface area contributed by atoms with Crippen molar-refractivity contribution in [3.05, 3.63) is 0 Å². The molecule has 0 aromatic carbocycles. The summed E-state index contributed by atoms with van der Waals surface area (Å²) in [5.41, 5.74) is 5.66. The van der Waals surface area contributed by atoms with Crippen molar-refractivity contribution in [2.45, 2.75) is 25.8 Å². The zero-order valence-electron chi connectivity index (χ0n) is 7.87. The fourth-order valence-electron chi connectivity index (χ4n) is 1.97. The number of nitrogens with zero attached hydrogens (tertiary/aromatic N) is 1. The first kappa shape index (κ1) is 9.96. The van der Waals surface area contributed by atoms with Crippen molar-refractivity contribution in [1.29, 1.82) is 0 Å². The van der Waals surface area contributed by atoms with Gasteiger partial charge >= 0.3 is 0 Å². The van der Waals surface area contributed by atoms with Gasteiger partial charge in [-0.1, -0.05) is 6.92 Å². The van der Waals surface area contributed by atoms with Crippen molar-refractivity contribution in [2.24, 2.45) is 11.7 Å². The summed E-state index contributed by atoms with van der Waals surface area (Å²) in [7, 11) is 0. The molecule has 1 saturated heterocycles. The first-order valence-corrected chi connectivity index (χ1v) is 4.83. The van der Waals surface area contributed by atoms with Crippen molar-refractivity contribution in [3.63, 3.8) is 0 Å². The van der Waals surface area contributed by atoms with E-state index in [9.17, 15) is 0 Å². The molecule has 12 heavy (non-hydrogen) atoms. The van der Waals surface area contributed by atoms with E-state index < -0.39 is 0 Å². The molecule has 1 aliphatic heterocycles. The molecule has 0 aromatic heterocycles. The minimum atomic E-state index is 0.255. The van der Waals surface area contributed by atoms with Crippen molar-refractivity contribution >= 4 is 0 Å². The van der Waals surface area contributed by atoms with Gasteiger partial charge in [-0.2, -0.15) is 0 Å². The number of aliphatic hydroxyl groups excluding tert-OH is 1. The molecule has 1 fully saturated rings. The molecular weight excluding hydrogens is 152 g/mol. The average Bonchev–Trinajstić information content (AvgIpc) is 2.08. The predicted octanol–water partition coefficient (Wildman–Crippen LogP) is 0.0379. The van der Waals surface area contributed by atoms with Crippen LogP contribution >= 0.6 is 0 Å². The summed E-state index contributed by atoms with van der Waals surface area (Å²) in [4.78, 5) is 2.31. The van der Waals surface area contributed by atoms with Gasteiger partial charge in [0.15, 0.2) is 0 Å². The van der Waals surface area contributed by atoms with E-state index in [1.165, 1.54) is 12.8 Å². The van der Waals surface area contributed by atoms with E-state index >= 15 is 0 Å². The maximum Gasteiger partial charge on any atom is 0.0558 e. The minimum Gasteiger partial charge on any atom is -0.395 e. The molecule has 3 heteroatoms. The van der Waals surface area contributed by atoms with Crippen LogP contribution in [0.1, 0.15) is 19.8 Å². The zero-order chi connectivity index (χ0) is 8.97. The standard InChI is InChI=1S/C9H20N2O/c1-8-2-3-11(4-5-12)9(6-8)7-10/h8-9,12H,2-7,10H2,1H3. The summed E-state index contributed by atoms with van der Waals surface area (Å²) in [5, 5.41) is 8.82. The summed E-state index contributed by atoms with van der Waals surface area (Å²) in [6.07, 6.45) is 2.44. The third-order valence-corrected chi connectivity index (χ3v) is 2.76. The summed E-state index contributed by atoms with van der Waals surface area (Å²) in [5.74, 6) is 0.800. The lowest BCUT2D eigenvalue weighted by Gasteiger charge is -2.37. The van der Waals surface area contributed by atoms with Crippen LogP contribution in [-0.2, 0) is 0 Å². The van der Waals surface area contributed by atoms with Gasteiger partial charge in [-0.15, -0.1) is 0 Å². The van der Waals surface area contributed by atoms with E-state index in [-0.39, 0.29) is 6.61 Å². The molecule has 1 aliphatic rings. The van der Waals surface area contributed by atoms with Crippen molar-refractivity contribution in [1.82, 2.24) is 4.90 Å². The maximum atomic E-state index is 8.82. The van der Waals surface area contributed by atoms with Gasteiger partial charge < -0.3 is 10.8 Å². The highest BCUT2D eigenvalue weighted by Crippen LogP contribution is 2.21. The molecular formula is C9H20N2O. The fourth-order valence-corrected chi connectivity index (χ4v) is 1.97. The van der Waals surface area contributed by atoms with Crippen molar-refractivity contribution < 1.29 is 5.11 Å². The van der Waals surface area contributed by atoms with E-state index in [1.54, 1.807) is 0 Å².